The number of esters is 1. The van der Waals surface area contributed by atoms with E-state index in [1.54, 1.807) is 19.9 Å². The van der Waals surface area contributed by atoms with Crippen LogP contribution in [0.1, 0.15) is 34.3 Å². The maximum atomic E-state index is 11.9. The first-order chi connectivity index (χ1) is 8.79. The highest BCUT2D eigenvalue weighted by Gasteiger charge is 2.25. The molecule has 1 fully saturated rings. The van der Waals surface area contributed by atoms with E-state index in [0.717, 1.165) is 12.8 Å². The van der Waals surface area contributed by atoms with Gasteiger partial charge in [-0.1, -0.05) is 6.07 Å². The van der Waals surface area contributed by atoms with Crippen LogP contribution in [0.5, 0.6) is 0 Å². The number of carbonyl (C=O) groups excluding carboxylic acids is 1. The molecule has 6 heteroatoms. The quantitative estimate of drug-likeness (QED) is 0.634. The van der Waals surface area contributed by atoms with Crippen LogP contribution in [0, 0.1) is 19.8 Å². The van der Waals surface area contributed by atoms with Gasteiger partial charge in [0.1, 0.15) is 0 Å². The van der Waals surface area contributed by atoms with Crippen LogP contribution >= 0.6 is 10.7 Å². The molecule has 104 valence electrons. The Morgan fingerprint density at radius 1 is 1.32 bits per heavy atom. The van der Waals surface area contributed by atoms with Gasteiger partial charge in [-0.05, 0) is 49.8 Å². The SMILES string of the molecule is Cc1cc(C)c(S(=O)(=O)Cl)cc1C(=O)OCC1CC1. The Morgan fingerprint density at radius 3 is 2.47 bits per heavy atom. The van der Waals surface area contributed by atoms with Gasteiger partial charge in [0.2, 0.25) is 0 Å². The van der Waals surface area contributed by atoms with E-state index in [1.165, 1.54) is 6.07 Å². The van der Waals surface area contributed by atoms with Crippen molar-refractivity contribution < 1.29 is 17.9 Å². The van der Waals surface area contributed by atoms with Gasteiger partial charge in [-0.3, -0.25) is 0 Å². The van der Waals surface area contributed by atoms with E-state index in [4.69, 9.17) is 15.4 Å². The fourth-order valence-corrected chi connectivity index (χ4v) is 3.07. The highest BCUT2D eigenvalue weighted by molar-refractivity contribution is 8.13. The van der Waals surface area contributed by atoms with Gasteiger partial charge in [0, 0.05) is 10.7 Å². The first kappa shape index (κ1) is 14.3. The molecule has 1 aliphatic carbocycles. The Morgan fingerprint density at radius 2 is 1.95 bits per heavy atom. The van der Waals surface area contributed by atoms with Gasteiger partial charge in [-0.15, -0.1) is 0 Å². The standard InChI is InChI=1S/C13H15ClO4S/c1-8-5-9(2)12(19(14,16)17)6-11(8)13(15)18-7-10-3-4-10/h5-6,10H,3-4,7H2,1-2H3. The molecule has 0 bridgehead atoms. The molecule has 1 aromatic carbocycles. The third-order valence-corrected chi connectivity index (χ3v) is 4.62. The summed E-state index contributed by atoms with van der Waals surface area (Å²) in [5, 5.41) is 0. The summed E-state index contributed by atoms with van der Waals surface area (Å²) in [4.78, 5) is 11.9. The summed E-state index contributed by atoms with van der Waals surface area (Å²) in [6.07, 6.45) is 2.17. The largest absolute Gasteiger partial charge is 0.462 e. The lowest BCUT2D eigenvalue weighted by atomic mass is 10.1. The van der Waals surface area contributed by atoms with Gasteiger partial charge >= 0.3 is 5.97 Å². The average Bonchev–Trinajstić information content (AvgIpc) is 3.07. The fourth-order valence-electron chi connectivity index (χ4n) is 1.87. The Labute approximate surface area is 117 Å². The van der Waals surface area contributed by atoms with Crippen LogP contribution in [0.2, 0.25) is 0 Å². The van der Waals surface area contributed by atoms with Crippen molar-refractivity contribution in [3.8, 4) is 0 Å². The number of hydrogen-bond donors (Lipinski definition) is 0. The molecule has 0 aromatic heterocycles. The van der Waals surface area contributed by atoms with E-state index in [2.05, 4.69) is 0 Å². The molecule has 0 aliphatic heterocycles. The monoisotopic (exact) mass is 302 g/mol. The van der Waals surface area contributed by atoms with Crippen LogP contribution in [0.4, 0.5) is 0 Å². The van der Waals surface area contributed by atoms with Crippen LogP contribution in [-0.4, -0.2) is 21.0 Å². The lowest BCUT2D eigenvalue weighted by Gasteiger charge is -2.10. The summed E-state index contributed by atoms with van der Waals surface area (Å²) in [5.74, 6) is -0.0306. The molecule has 1 saturated carbocycles. The molecule has 19 heavy (non-hydrogen) atoms. The van der Waals surface area contributed by atoms with Gasteiger partial charge in [0.25, 0.3) is 9.05 Å². The molecule has 0 N–H and O–H groups in total. The average molecular weight is 303 g/mol. The van der Waals surface area contributed by atoms with Crippen molar-refractivity contribution in [2.75, 3.05) is 6.61 Å². The molecular formula is C13H15ClO4S. The van der Waals surface area contributed by atoms with Gasteiger partial charge in [-0.25, -0.2) is 13.2 Å². The summed E-state index contributed by atoms with van der Waals surface area (Å²) in [5.41, 5.74) is 1.46. The second-order valence-corrected chi connectivity index (χ2v) is 7.45. The van der Waals surface area contributed by atoms with Crippen molar-refractivity contribution in [3.63, 3.8) is 0 Å². The fraction of sp³-hybridized carbons (Fsp3) is 0.462. The molecule has 0 amide bonds. The number of carbonyl (C=O) groups is 1. The summed E-state index contributed by atoms with van der Waals surface area (Å²) >= 11 is 0. The summed E-state index contributed by atoms with van der Waals surface area (Å²) < 4.78 is 28.0. The molecule has 1 aliphatic rings. The van der Waals surface area contributed by atoms with Crippen molar-refractivity contribution in [2.45, 2.75) is 31.6 Å². The van der Waals surface area contributed by atoms with E-state index in [0.29, 0.717) is 23.7 Å². The van der Waals surface area contributed by atoms with E-state index >= 15 is 0 Å². The molecule has 0 atom stereocenters. The topological polar surface area (TPSA) is 60.4 Å². The zero-order valence-corrected chi connectivity index (χ0v) is 12.3. The molecule has 2 rings (SSSR count). The number of aryl methyl sites for hydroxylation is 2. The lowest BCUT2D eigenvalue weighted by Crippen LogP contribution is -2.11. The van der Waals surface area contributed by atoms with Gasteiger partial charge in [-0.2, -0.15) is 0 Å². The first-order valence-corrected chi connectivity index (χ1v) is 8.33. The zero-order valence-electron chi connectivity index (χ0n) is 10.8. The Kier molecular flexibility index (Phi) is 3.87. The maximum Gasteiger partial charge on any atom is 0.338 e. The van der Waals surface area contributed by atoms with Crippen LogP contribution in [0.15, 0.2) is 17.0 Å². The summed E-state index contributed by atoms with van der Waals surface area (Å²) in [6, 6.07) is 2.92. The van der Waals surface area contributed by atoms with Gasteiger partial charge < -0.3 is 4.74 Å². The van der Waals surface area contributed by atoms with Crippen molar-refractivity contribution in [1.29, 1.82) is 0 Å². The predicted molar refractivity (Wildman–Crippen MR) is 72.0 cm³/mol. The van der Waals surface area contributed by atoms with E-state index in [1.807, 2.05) is 0 Å². The molecule has 1 aromatic rings. The molecular weight excluding hydrogens is 288 g/mol. The normalized spacial score (nSPS) is 15.3. The highest BCUT2D eigenvalue weighted by Crippen LogP contribution is 2.29. The minimum Gasteiger partial charge on any atom is -0.462 e. The van der Waals surface area contributed by atoms with Gasteiger partial charge in [0.05, 0.1) is 17.1 Å². The first-order valence-electron chi connectivity index (χ1n) is 6.02. The second kappa shape index (κ2) is 5.13. The van der Waals surface area contributed by atoms with Crippen LogP contribution < -0.4 is 0 Å². The Balaban J connectivity index is 2.30. The molecule has 0 heterocycles. The maximum absolute atomic E-state index is 11.9. The van der Waals surface area contributed by atoms with Gasteiger partial charge in [0.15, 0.2) is 0 Å². The second-order valence-electron chi connectivity index (χ2n) is 4.91. The predicted octanol–water partition coefficient (Wildman–Crippen LogP) is 2.80. The third kappa shape index (κ3) is 3.48. The van der Waals surface area contributed by atoms with Crippen LogP contribution in [-0.2, 0) is 13.8 Å². The third-order valence-electron chi connectivity index (χ3n) is 3.15. The van der Waals surface area contributed by atoms with E-state index in [9.17, 15) is 13.2 Å². The van der Waals surface area contributed by atoms with E-state index in [-0.39, 0.29) is 10.5 Å². The zero-order chi connectivity index (χ0) is 14.2. The Bertz CT molecular complexity index is 618. The minimum atomic E-state index is -3.86. The molecule has 0 spiro atoms. The number of halogens is 1. The molecule has 0 radical (unpaired) electrons. The molecule has 0 unspecified atom stereocenters. The van der Waals surface area contributed by atoms with E-state index < -0.39 is 15.0 Å². The highest BCUT2D eigenvalue weighted by atomic mass is 35.7. The molecule has 0 saturated heterocycles. The number of ether oxygens (including phenoxy) is 1. The Hall–Kier alpha value is -1.07. The smallest absolute Gasteiger partial charge is 0.338 e. The minimum absolute atomic E-state index is 0.0434. The van der Waals surface area contributed by atoms with Crippen molar-refractivity contribution in [1.82, 2.24) is 0 Å². The number of rotatable bonds is 4. The van der Waals surface area contributed by atoms with Crippen molar-refractivity contribution in [2.24, 2.45) is 5.92 Å². The lowest BCUT2D eigenvalue weighted by molar-refractivity contribution is 0.0485. The van der Waals surface area contributed by atoms with Crippen LogP contribution in [0.3, 0.4) is 0 Å². The summed E-state index contributed by atoms with van der Waals surface area (Å²) in [7, 11) is 1.49. The number of hydrogen-bond acceptors (Lipinski definition) is 4. The van der Waals surface area contributed by atoms with Crippen molar-refractivity contribution >= 4 is 25.7 Å². The summed E-state index contributed by atoms with van der Waals surface area (Å²) in [6.45, 7) is 3.78. The van der Waals surface area contributed by atoms with Crippen LogP contribution in [0.25, 0.3) is 0 Å². The molecule has 4 nitrogen and oxygen atoms in total. The number of benzene rings is 1. The van der Waals surface area contributed by atoms with Crippen molar-refractivity contribution in [3.05, 3.63) is 28.8 Å².